The van der Waals surface area contributed by atoms with E-state index in [1.54, 1.807) is 0 Å². The summed E-state index contributed by atoms with van der Waals surface area (Å²) < 4.78 is 0. The molecule has 0 aromatic carbocycles. The molecule has 0 spiro atoms. The van der Waals surface area contributed by atoms with Crippen LogP contribution < -0.4 is 5.32 Å². The average Bonchev–Trinajstić information content (AvgIpc) is 2.98. The molecule has 1 saturated carbocycles. The standard InChI is InChI=1S/C9H15NO3.C2H6/c1-6(2)5-10-7(11)9(3-4-9)8(12)13;1-2/h6H,3-5H2,1-2H3,(H,10,11)(H,12,13);1-2H3. The highest BCUT2D eigenvalue weighted by atomic mass is 16.4. The summed E-state index contributed by atoms with van der Waals surface area (Å²) in [5, 5.41) is 11.4. The first-order chi connectivity index (χ1) is 6.99. The lowest BCUT2D eigenvalue weighted by molar-refractivity contribution is -0.149. The Balaban J connectivity index is 0.000000921. The van der Waals surface area contributed by atoms with Crippen LogP contribution >= 0.6 is 0 Å². The number of nitrogens with one attached hydrogen (secondary N) is 1. The molecule has 0 saturated heterocycles. The topological polar surface area (TPSA) is 66.4 Å². The minimum absolute atomic E-state index is 0.325. The second-order valence-corrected chi connectivity index (χ2v) is 3.99. The molecule has 0 aliphatic heterocycles. The fourth-order valence-electron chi connectivity index (χ4n) is 1.13. The predicted molar refractivity (Wildman–Crippen MR) is 58.5 cm³/mol. The second kappa shape index (κ2) is 5.73. The molecule has 0 bridgehead atoms. The SMILES string of the molecule is CC.CC(C)CNC(=O)C1(C(=O)O)CC1. The number of rotatable bonds is 4. The zero-order valence-electron chi connectivity index (χ0n) is 9.96. The van der Waals surface area contributed by atoms with Gasteiger partial charge < -0.3 is 10.4 Å². The first kappa shape index (κ1) is 13.9. The molecule has 0 atom stereocenters. The van der Waals surface area contributed by atoms with Crippen LogP contribution in [0.2, 0.25) is 0 Å². The van der Waals surface area contributed by atoms with Gasteiger partial charge in [0.25, 0.3) is 0 Å². The van der Waals surface area contributed by atoms with Crippen molar-refractivity contribution in [3.8, 4) is 0 Å². The van der Waals surface area contributed by atoms with E-state index in [9.17, 15) is 9.59 Å². The molecule has 1 fully saturated rings. The van der Waals surface area contributed by atoms with E-state index in [0.29, 0.717) is 25.3 Å². The van der Waals surface area contributed by atoms with Gasteiger partial charge in [-0.05, 0) is 18.8 Å². The number of carbonyl (C=O) groups is 2. The third-order valence-corrected chi connectivity index (χ3v) is 2.26. The maximum absolute atomic E-state index is 11.4. The molecule has 0 aromatic rings. The molecule has 0 radical (unpaired) electrons. The first-order valence-electron chi connectivity index (χ1n) is 5.51. The lowest BCUT2D eigenvalue weighted by atomic mass is 10.1. The lowest BCUT2D eigenvalue weighted by Gasteiger charge is -2.11. The largest absolute Gasteiger partial charge is 0.480 e. The monoisotopic (exact) mass is 215 g/mol. The molecule has 4 heteroatoms. The number of aliphatic carboxylic acids is 1. The first-order valence-corrected chi connectivity index (χ1v) is 5.51. The summed E-state index contributed by atoms with van der Waals surface area (Å²) >= 11 is 0. The fourth-order valence-corrected chi connectivity index (χ4v) is 1.13. The van der Waals surface area contributed by atoms with Crippen LogP contribution in [0.4, 0.5) is 0 Å². The molecule has 15 heavy (non-hydrogen) atoms. The van der Waals surface area contributed by atoms with Crippen LogP contribution in [0.5, 0.6) is 0 Å². The Labute approximate surface area is 91.1 Å². The Morgan fingerprint density at radius 1 is 1.33 bits per heavy atom. The highest BCUT2D eigenvalue weighted by molar-refractivity contribution is 6.04. The van der Waals surface area contributed by atoms with Gasteiger partial charge in [0.2, 0.25) is 5.91 Å². The van der Waals surface area contributed by atoms with E-state index < -0.39 is 11.4 Å². The van der Waals surface area contributed by atoms with Crippen LogP contribution in [0.15, 0.2) is 0 Å². The minimum atomic E-state index is -1.09. The van der Waals surface area contributed by atoms with Crippen LogP contribution in [-0.2, 0) is 9.59 Å². The molecular formula is C11H21NO3. The third-order valence-electron chi connectivity index (χ3n) is 2.26. The van der Waals surface area contributed by atoms with Gasteiger partial charge in [-0.25, -0.2) is 0 Å². The quantitative estimate of drug-likeness (QED) is 0.701. The highest BCUT2D eigenvalue weighted by Crippen LogP contribution is 2.46. The second-order valence-electron chi connectivity index (χ2n) is 3.99. The van der Waals surface area contributed by atoms with Gasteiger partial charge in [-0.15, -0.1) is 0 Å². The van der Waals surface area contributed by atoms with E-state index in [4.69, 9.17) is 5.11 Å². The van der Waals surface area contributed by atoms with Gasteiger partial charge in [0, 0.05) is 6.54 Å². The molecule has 88 valence electrons. The van der Waals surface area contributed by atoms with Crippen LogP contribution in [-0.4, -0.2) is 23.5 Å². The van der Waals surface area contributed by atoms with Crippen LogP contribution in [0.25, 0.3) is 0 Å². The van der Waals surface area contributed by atoms with E-state index in [0.717, 1.165) is 0 Å². The Kier molecular flexibility index (Phi) is 5.33. The van der Waals surface area contributed by atoms with Gasteiger partial charge in [-0.1, -0.05) is 27.7 Å². The number of carboxylic acids is 1. The predicted octanol–water partition coefficient (Wildman–Crippen LogP) is 1.65. The maximum atomic E-state index is 11.4. The van der Waals surface area contributed by atoms with Crippen molar-refractivity contribution in [2.45, 2.75) is 40.5 Å². The van der Waals surface area contributed by atoms with E-state index in [-0.39, 0.29) is 5.91 Å². The van der Waals surface area contributed by atoms with E-state index >= 15 is 0 Å². The van der Waals surface area contributed by atoms with Crippen molar-refractivity contribution in [3.05, 3.63) is 0 Å². The molecule has 4 nitrogen and oxygen atoms in total. The van der Waals surface area contributed by atoms with Gasteiger partial charge in [-0.3, -0.25) is 9.59 Å². The Morgan fingerprint density at radius 2 is 1.80 bits per heavy atom. The molecule has 0 heterocycles. The third kappa shape index (κ3) is 3.53. The van der Waals surface area contributed by atoms with Crippen molar-refractivity contribution < 1.29 is 14.7 Å². The van der Waals surface area contributed by atoms with Gasteiger partial charge >= 0.3 is 5.97 Å². The molecule has 0 aromatic heterocycles. The van der Waals surface area contributed by atoms with Crippen molar-refractivity contribution >= 4 is 11.9 Å². The zero-order chi connectivity index (χ0) is 12.1. The number of carbonyl (C=O) groups excluding carboxylic acids is 1. The molecule has 1 aliphatic rings. The normalized spacial score (nSPS) is 16.3. The van der Waals surface area contributed by atoms with Crippen molar-refractivity contribution in [2.24, 2.45) is 11.3 Å². The summed E-state index contributed by atoms with van der Waals surface area (Å²) in [5.41, 5.74) is -1.09. The summed E-state index contributed by atoms with van der Waals surface area (Å²) in [4.78, 5) is 22.1. The van der Waals surface area contributed by atoms with Gasteiger partial charge in [0.05, 0.1) is 0 Å². The Hall–Kier alpha value is -1.06. The molecule has 0 unspecified atom stereocenters. The highest BCUT2D eigenvalue weighted by Gasteiger charge is 2.56. The average molecular weight is 215 g/mol. The van der Waals surface area contributed by atoms with Crippen LogP contribution in [0, 0.1) is 11.3 Å². The Morgan fingerprint density at radius 3 is 2.07 bits per heavy atom. The summed E-state index contributed by atoms with van der Waals surface area (Å²) in [6.07, 6.45) is 0.957. The van der Waals surface area contributed by atoms with E-state index in [1.165, 1.54) is 0 Å². The van der Waals surface area contributed by atoms with Crippen LogP contribution in [0.3, 0.4) is 0 Å². The molecule has 1 rings (SSSR count). The number of hydrogen-bond acceptors (Lipinski definition) is 2. The number of hydrogen-bond donors (Lipinski definition) is 2. The van der Waals surface area contributed by atoms with Gasteiger partial charge in [0.1, 0.15) is 5.41 Å². The van der Waals surface area contributed by atoms with Crippen molar-refractivity contribution in [1.82, 2.24) is 5.32 Å². The maximum Gasteiger partial charge on any atom is 0.319 e. The van der Waals surface area contributed by atoms with Gasteiger partial charge in [0.15, 0.2) is 0 Å². The molecule has 1 amide bonds. The zero-order valence-corrected chi connectivity index (χ0v) is 9.96. The van der Waals surface area contributed by atoms with Crippen molar-refractivity contribution in [1.29, 1.82) is 0 Å². The van der Waals surface area contributed by atoms with Crippen molar-refractivity contribution in [2.75, 3.05) is 6.54 Å². The summed E-state index contributed by atoms with van der Waals surface area (Å²) in [6.45, 7) is 8.50. The summed E-state index contributed by atoms with van der Waals surface area (Å²) in [5.74, 6) is -0.962. The van der Waals surface area contributed by atoms with Crippen molar-refractivity contribution in [3.63, 3.8) is 0 Å². The number of carboxylic acid groups (broad SMARTS) is 1. The fraction of sp³-hybridized carbons (Fsp3) is 0.818. The van der Waals surface area contributed by atoms with E-state index in [1.807, 2.05) is 27.7 Å². The van der Waals surface area contributed by atoms with E-state index in [2.05, 4.69) is 5.32 Å². The molecular weight excluding hydrogens is 194 g/mol. The minimum Gasteiger partial charge on any atom is -0.480 e. The number of amides is 1. The summed E-state index contributed by atoms with van der Waals surface area (Å²) in [6, 6.07) is 0. The Bertz CT molecular complexity index is 232. The summed E-state index contributed by atoms with van der Waals surface area (Å²) in [7, 11) is 0. The van der Waals surface area contributed by atoms with Gasteiger partial charge in [-0.2, -0.15) is 0 Å². The lowest BCUT2D eigenvalue weighted by Crippen LogP contribution is -2.38. The van der Waals surface area contributed by atoms with Crippen LogP contribution in [0.1, 0.15) is 40.5 Å². The molecule has 1 aliphatic carbocycles. The smallest absolute Gasteiger partial charge is 0.319 e. The molecule has 2 N–H and O–H groups in total.